The van der Waals surface area contributed by atoms with Gasteiger partial charge in [-0.1, -0.05) is 42.5 Å². The molecule has 5 rings (SSSR count). The SMILES string of the molecule is C=CCCCCOC(=O)[C@@H]1[C@@H]2CCC3(O2)C(C(=O)N(CC=C)c2ccc4ccccc4c2)N(CCCCCO)C(=O)[C@H]13. The molecule has 2 aromatic carbocycles. The third-order valence-electron chi connectivity index (χ3n) is 9.03. The Morgan fingerprint density at radius 2 is 1.88 bits per heavy atom. The van der Waals surface area contributed by atoms with Gasteiger partial charge in [-0.15, -0.1) is 13.2 Å². The lowest BCUT2D eigenvalue weighted by atomic mass is 9.70. The van der Waals surface area contributed by atoms with Crippen molar-refractivity contribution < 1.29 is 29.0 Å². The smallest absolute Gasteiger partial charge is 0.312 e. The summed E-state index contributed by atoms with van der Waals surface area (Å²) >= 11 is 0. The van der Waals surface area contributed by atoms with Crippen LogP contribution < -0.4 is 4.90 Å². The van der Waals surface area contributed by atoms with Crippen LogP contribution in [0.5, 0.6) is 0 Å². The summed E-state index contributed by atoms with van der Waals surface area (Å²) in [6.45, 7) is 8.60. The molecule has 2 unspecified atom stereocenters. The van der Waals surface area contributed by atoms with Crippen LogP contribution in [0, 0.1) is 11.8 Å². The van der Waals surface area contributed by atoms with Gasteiger partial charge in [0.1, 0.15) is 11.6 Å². The number of unbranched alkanes of at least 4 members (excludes halogenated alkanes) is 4. The number of amides is 2. The Morgan fingerprint density at radius 3 is 2.64 bits per heavy atom. The fraction of sp³-hybridized carbons (Fsp3) is 0.500. The summed E-state index contributed by atoms with van der Waals surface area (Å²) in [6, 6.07) is 13.0. The molecule has 1 spiro atoms. The number of anilines is 1. The summed E-state index contributed by atoms with van der Waals surface area (Å²) in [5.74, 6) is -2.35. The lowest BCUT2D eigenvalue weighted by Crippen LogP contribution is -2.56. The van der Waals surface area contributed by atoms with Crippen LogP contribution in [0.15, 0.2) is 67.8 Å². The van der Waals surface area contributed by atoms with Crippen LogP contribution in [-0.4, -0.2) is 71.8 Å². The molecule has 3 aliphatic rings. The summed E-state index contributed by atoms with van der Waals surface area (Å²) in [4.78, 5) is 45.5. The number of carbonyl (C=O) groups is 3. The standard InChI is InChI=1S/C34H42N2O6/c1-3-5-6-12-22-41-33(40)28-27-17-18-34(42-27)29(28)31(38)36(20-10-7-11-21-37)30(34)32(39)35(19-4-2)26-16-15-24-13-8-9-14-25(24)23-26/h3-4,8-9,13-16,23,27-30,37H,1-2,5-7,10-12,17-22H2/t27-,28+,29-,30?,34?/m0/s1. The van der Waals surface area contributed by atoms with E-state index in [1.165, 1.54) is 0 Å². The van der Waals surface area contributed by atoms with Crippen molar-refractivity contribution in [2.75, 3.05) is 31.2 Å². The summed E-state index contributed by atoms with van der Waals surface area (Å²) in [6.07, 6.45) is 8.63. The summed E-state index contributed by atoms with van der Waals surface area (Å²) in [7, 11) is 0. The first-order valence-electron chi connectivity index (χ1n) is 15.2. The molecule has 5 atom stereocenters. The molecule has 1 N–H and O–H groups in total. The number of rotatable bonds is 15. The molecule has 2 bridgehead atoms. The maximum atomic E-state index is 14.6. The maximum absolute atomic E-state index is 14.6. The van der Waals surface area contributed by atoms with Gasteiger partial charge in [-0.25, -0.2) is 0 Å². The van der Waals surface area contributed by atoms with Crippen molar-refractivity contribution >= 4 is 34.2 Å². The lowest BCUT2D eigenvalue weighted by Gasteiger charge is -2.37. The average molecular weight is 575 g/mol. The molecule has 0 aromatic heterocycles. The second kappa shape index (κ2) is 13.2. The number of hydrogen-bond acceptors (Lipinski definition) is 6. The number of benzene rings is 2. The largest absolute Gasteiger partial charge is 0.465 e. The van der Waals surface area contributed by atoms with Crippen molar-refractivity contribution in [1.82, 2.24) is 4.90 Å². The van der Waals surface area contributed by atoms with Crippen LogP contribution in [0.25, 0.3) is 10.8 Å². The highest BCUT2D eigenvalue weighted by molar-refractivity contribution is 6.05. The first kappa shape index (κ1) is 30.0. The van der Waals surface area contributed by atoms with Gasteiger partial charge in [-0.3, -0.25) is 14.4 Å². The van der Waals surface area contributed by atoms with Crippen LogP contribution in [0.3, 0.4) is 0 Å². The van der Waals surface area contributed by atoms with Gasteiger partial charge in [0.25, 0.3) is 5.91 Å². The number of aliphatic hydroxyl groups excluding tert-OH is 1. The van der Waals surface area contributed by atoms with E-state index in [4.69, 9.17) is 9.47 Å². The molecule has 0 radical (unpaired) electrons. The van der Waals surface area contributed by atoms with Gasteiger partial charge in [0.05, 0.1) is 24.5 Å². The van der Waals surface area contributed by atoms with E-state index in [0.717, 1.165) is 36.5 Å². The number of nitrogens with zero attached hydrogens (tertiary/aromatic N) is 2. The Bertz CT molecular complexity index is 1330. The van der Waals surface area contributed by atoms with E-state index in [1.807, 2.05) is 48.5 Å². The Kier molecular flexibility index (Phi) is 9.43. The number of hydrogen-bond donors (Lipinski definition) is 1. The molecular formula is C34H42N2O6. The Balaban J connectivity index is 1.46. The first-order valence-corrected chi connectivity index (χ1v) is 15.2. The van der Waals surface area contributed by atoms with Gasteiger partial charge in [0.15, 0.2) is 0 Å². The van der Waals surface area contributed by atoms with Gasteiger partial charge < -0.3 is 24.4 Å². The number of fused-ring (bicyclic) bond motifs is 2. The predicted molar refractivity (Wildman–Crippen MR) is 162 cm³/mol. The van der Waals surface area contributed by atoms with Crippen molar-refractivity contribution in [2.45, 2.75) is 69.1 Å². The number of likely N-dealkylation sites (tertiary alicyclic amines) is 1. The minimum atomic E-state index is -1.08. The van der Waals surface area contributed by atoms with E-state index < -0.39 is 35.6 Å². The second-order valence-electron chi connectivity index (χ2n) is 11.6. The van der Waals surface area contributed by atoms with Crippen molar-refractivity contribution in [2.24, 2.45) is 11.8 Å². The number of allylic oxidation sites excluding steroid dienone is 1. The van der Waals surface area contributed by atoms with E-state index >= 15 is 0 Å². The first-order chi connectivity index (χ1) is 20.5. The summed E-state index contributed by atoms with van der Waals surface area (Å²) in [5.41, 5.74) is -0.368. The molecule has 3 aliphatic heterocycles. The Labute approximate surface area is 248 Å². The third-order valence-corrected chi connectivity index (χ3v) is 9.03. The van der Waals surface area contributed by atoms with E-state index in [1.54, 1.807) is 15.9 Å². The number of esters is 1. The van der Waals surface area contributed by atoms with Crippen molar-refractivity contribution in [3.63, 3.8) is 0 Å². The summed E-state index contributed by atoms with van der Waals surface area (Å²) in [5, 5.41) is 11.4. The Hall–Kier alpha value is -3.49. The molecule has 224 valence electrons. The van der Waals surface area contributed by atoms with Gasteiger partial charge >= 0.3 is 5.97 Å². The third kappa shape index (κ3) is 5.50. The number of aliphatic hydroxyl groups is 1. The molecule has 8 nitrogen and oxygen atoms in total. The fourth-order valence-corrected chi connectivity index (χ4v) is 7.12. The van der Waals surface area contributed by atoms with E-state index in [2.05, 4.69) is 13.2 Å². The molecule has 0 aliphatic carbocycles. The van der Waals surface area contributed by atoms with Gasteiger partial charge in [0.2, 0.25) is 5.91 Å². The minimum Gasteiger partial charge on any atom is -0.465 e. The van der Waals surface area contributed by atoms with Crippen LogP contribution in [-0.2, 0) is 23.9 Å². The highest BCUT2D eigenvalue weighted by Gasteiger charge is 2.75. The van der Waals surface area contributed by atoms with Crippen molar-refractivity contribution in [1.29, 1.82) is 0 Å². The molecule has 3 saturated heterocycles. The fourth-order valence-electron chi connectivity index (χ4n) is 7.12. The molecule has 0 saturated carbocycles. The molecular weight excluding hydrogens is 532 g/mol. The quantitative estimate of drug-likeness (QED) is 0.187. The zero-order chi connectivity index (χ0) is 29.7. The summed E-state index contributed by atoms with van der Waals surface area (Å²) < 4.78 is 12.2. The highest BCUT2D eigenvalue weighted by atomic mass is 16.6. The predicted octanol–water partition coefficient (Wildman–Crippen LogP) is 4.80. The van der Waals surface area contributed by atoms with E-state index in [-0.39, 0.29) is 31.6 Å². The van der Waals surface area contributed by atoms with E-state index in [9.17, 15) is 19.5 Å². The molecule has 2 aromatic rings. The molecule has 2 amide bonds. The second-order valence-corrected chi connectivity index (χ2v) is 11.6. The number of carbonyl (C=O) groups excluding carboxylic acids is 3. The van der Waals surface area contributed by atoms with Crippen LogP contribution >= 0.6 is 0 Å². The minimum absolute atomic E-state index is 0.0729. The lowest BCUT2D eigenvalue weighted by molar-refractivity contribution is -0.155. The molecule has 8 heteroatoms. The van der Waals surface area contributed by atoms with Crippen LogP contribution in [0.2, 0.25) is 0 Å². The van der Waals surface area contributed by atoms with Gasteiger partial charge in [-0.2, -0.15) is 0 Å². The van der Waals surface area contributed by atoms with E-state index in [0.29, 0.717) is 37.9 Å². The zero-order valence-electron chi connectivity index (χ0n) is 24.3. The maximum Gasteiger partial charge on any atom is 0.312 e. The topological polar surface area (TPSA) is 96.4 Å². The van der Waals surface area contributed by atoms with Crippen LogP contribution in [0.4, 0.5) is 5.69 Å². The molecule has 3 fully saturated rings. The normalized spacial score (nSPS) is 25.9. The highest BCUT2D eigenvalue weighted by Crippen LogP contribution is 2.59. The Morgan fingerprint density at radius 1 is 1.07 bits per heavy atom. The van der Waals surface area contributed by atoms with Crippen LogP contribution in [0.1, 0.15) is 51.4 Å². The monoisotopic (exact) mass is 574 g/mol. The van der Waals surface area contributed by atoms with Crippen molar-refractivity contribution in [3.05, 3.63) is 67.8 Å². The van der Waals surface area contributed by atoms with Gasteiger partial charge in [-0.05, 0) is 74.3 Å². The number of ether oxygens (including phenoxy) is 2. The zero-order valence-corrected chi connectivity index (χ0v) is 24.3. The van der Waals surface area contributed by atoms with Crippen molar-refractivity contribution in [3.8, 4) is 0 Å². The average Bonchev–Trinajstić information content (AvgIpc) is 3.64. The molecule has 3 heterocycles. The molecule has 42 heavy (non-hydrogen) atoms. The van der Waals surface area contributed by atoms with Gasteiger partial charge in [0, 0.05) is 25.4 Å².